The maximum atomic E-state index is 5.17. The van der Waals surface area contributed by atoms with Crippen molar-refractivity contribution in [2.24, 2.45) is 0 Å². The van der Waals surface area contributed by atoms with Gasteiger partial charge in [-0.25, -0.2) is 4.98 Å². The van der Waals surface area contributed by atoms with Gasteiger partial charge in [-0.2, -0.15) is 0 Å². The number of hydrogen-bond acceptors (Lipinski definition) is 1. The molecule has 0 saturated heterocycles. The van der Waals surface area contributed by atoms with E-state index >= 15 is 0 Å². The second-order valence-corrected chi connectivity index (χ2v) is 16.3. The van der Waals surface area contributed by atoms with Crippen LogP contribution < -0.4 is 0 Å². The highest BCUT2D eigenvalue weighted by Gasteiger charge is 2.39. The number of imidazole rings is 1. The van der Waals surface area contributed by atoms with Crippen molar-refractivity contribution in [2.75, 3.05) is 0 Å². The van der Waals surface area contributed by atoms with Gasteiger partial charge in [0, 0.05) is 30.3 Å². The van der Waals surface area contributed by atoms with Crippen LogP contribution in [0.5, 0.6) is 0 Å². The first-order chi connectivity index (χ1) is 25.2. The second-order valence-electron chi connectivity index (χ2n) is 16.3. The van der Waals surface area contributed by atoms with Crippen LogP contribution in [0.25, 0.3) is 0 Å². The number of hydrogen-bond donors (Lipinski definition) is 0. The van der Waals surface area contributed by atoms with Crippen LogP contribution in [-0.4, -0.2) is 9.55 Å². The number of rotatable bonds is 33. The average Bonchev–Trinajstić information content (AvgIpc) is 3.62. The summed E-state index contributed by atoms with van der Waals surface area (Å²) in [7, 11) is 0. The first-order valence-corrected chi connectivity index (χ1v) is 22.3. The first-order valence-electron chi connectivity index (χ1n) is 22.3. The lowest BCUT2D eigenvalue weighted by atomic mass is 9.66. The van der Waals surface area contributed by atoms with E-state index in [4.69, 9.17) is 4.98 Å². The van der Waals surface area contributed by atoms with Gasteiger partial charge >= 0.3 is 0 Å². The molecule has 2 aromatic carbocycles. The molecule has 2 unspecified atom stereocenters. The molecule has 2 heteroatoms. The van der Waals surface area contributed by atoms with Crippen molar-refractivity contribution >= 4 is 0 Å². The van der Waals surface area contributed by atoms with Crippen LogP contribution >= 0.6 is 0 Å². The Balaban J connectivity index is 1.54. The fourth-order valence-electron chi connectivity index (χ4n) is 8.48. The molecule has 0 radical (unpaired) electrons. The van der Waals surface area contributed by atoms with Gasteiger partial charge < -0.3 is 4.57 Å². The standard InChI is InChI=1S/C49H80N2/c1-4-6-8-10-12-14-16-18-19-20-22-24-26-34-40-47(49(3,46-38-32-29-33-39-46)44-45-36-30-28-31-37-45)48-50-41-43-51(48)42-35-27-25-23-21-17-15-13-11-9-7-5-2/h28-33,36-39,41,43,47H,4-27,34-35,40,42,44H2,1-3H3. The molecule has 0 fully saturated rings. The summed E-state index contributed by atoms with van der Waals surface area (Å²) in [6, 6.07) is 22.6. The predicted octanol–water partition coefficient (Wildman–Crippen LogP) is 15.7. The maximum absolute atomic E-state index is 5.17. The smallest absolute Gasteiger partial charge is 0.112 e. The minimum atomic E-state index is -0.0290. The lowest BCUT2D eigenvalue weighted by molar-refractivity contribution is 0.321. The van der Waals surface area contributed by atoms with Gasteiger partial charge in [-0.3, -0.25) is 0 Å². The minimum Gasteiger partial charge on any atom is -0.335 e. The van der Waals surface area contributed by atoms with Gasteiger partial charge in [-0.05, 0) is 30.4 Å². The fourth-order valence-corrected chi connectivity index (χ4v) is 8.48. The van der Waals surface area contributed by atoms with Crippen LogP contribution in [-0.2, 0) is 18.4 Å². The average molecular weight is 697 g/mol. The van der Waals surface area contributed by atoms with Gasteiger partial charge in [0.25, 0.3) is 0 Å². The van der Waals surface area contributed by atoms with E-state index in [0.29, 0.717) is 5.92 Å². The van der Waals surface area contributed by atoms with E-state index in [1.807, 2.05) is 0 Å². The summed E-state index contributed by atoms with van der Waals surface area (Å²) in [5.74, 6) is 1.69. The summed E-state index contributed by atoms with van der Waals surface area (Å²) < 4.78 is 2.54. The van der Waals surface area contributed by atoms with E-state index in [1.54, 1.807) is 0 Å². The molecular weight excluding hydrogens is 617 g/mol. The van der Waals surface area contributed by atoms with E-state index in [1.165, 1.54) is 190 Å². The highest BCUT2D eigenvalue weighted by atomic mass is 15.1. The number of aryl methyl sites for hydroxylation is 1. The number of unbranched alkanes of at least 4 members (excludes halogenated alkanes) is 24. The van der Waals surface area contributed by atoms with Crippen molar-refractivity contribution in [3.63, 3.8) is 0 Å². The van der Waals surface area contributed by atoms with E-state index in [2.05, 4.69) is 98.4 Å². The van der Waals surface area contributed by atoms with Crippen molar-refractivity contribution in [1.29, 1.82) is 0 Å². The largest absolute Gasteiger partial charge is 0.335 e. The zero-order valence-corrected chi connectivity index (χ0v) is 33.9. The normalized spacial score (nSPS) is 13.4. The van der Waals surface area contributed by atoms with Gasteiger partial charge in [0.05, 0.1) is 0 Å². The quantitative estimate of drug-likeness (QED) is 0.0580. The third-order valence-electron chi connectivity index (χ3n) is 11.8. The number of benzene rings is 2. The topological polar surface area (TPSA) is 17.8 Å². The van der Waals surface area contributed by atoms with Crippen molar-refractivity contribution in [2.45, 2.75) is 218 Å². The molecule has 1 heterocycles. The molecule has 0 aliphatic carbocycles. The summed E-state index contributed by atoms with van der Waals surface area (Å²) >= 11 is 0. The summed E-state index contributed by atoms with van der Waals surface area (Å²) in [6.07, 6.45) is 43.0. The maximum Gasteiger partial charge on any atom is 0.112 e. The molecule has 1 aromatic heterocycles. The molecule has 3 aromatic rings. The Labute approximate surface area is 317 Å². The number of nitrogens with zero attached hydrogens (tertiary/aromatic N) is 2. The SMILES string of the molecule is CCCCCCCCCCCCCCCCC(c1nccn1CCCCCCCCCCCCCC)C(C)(Cc1ccccc1)c1ccccc1. The molecule has 0 saturated carbocycles. The summed E-state index contributed by atoms with van der Waals surface area (Å²) in [5, 5.41) is 0. The highest BCUT2D eigenvalue weighted by molar-refractivity contribution is 5.33. The summed E-state index contributed by atoms with van der Waals surface area (Å²) in [4.78, 5) is 5.17. The van der Waals surface area contributed by atoms with Crippen LogP contribution in [0.4, 0.5) is 0 Å². The van der Waals surface area contributed by atoms with Crippen molar-refractivity contribution in [3.05, 3.63) is 90.0 Å². The van der Waals surface area contributed by atoms with Gasteiger partial charge in [-0.1, -0.05) is 242 Å². The molecule has 286 valence electrons. The molecule has 51 heavy (non-hydrogen) atoms. The van der Waals surface area contributed by atoms with Crippen molar-refractivity contribution in [1.82, 2.24) is 9.55 Å². The monoisotopic (exact) mass is 697 g/mol. The van der Waals surface area contributed by atoms with Gasteiger partial charge in [0.15, 0.2) is 0 Å². The Bertz CT molecular complexity index is 1180. The Morgan fingerprint density at radius 1 is 0.510 bits per heavy atom. The van der Waals surface area contributed by atoms with Crippen molar-refractivity contribution in [3.8, 4) is 0 Å². The Kier molecular flexibility index (Phi) is 23.8. The van der Waals surface area contributed by atoms with E-state index < -0.39 is 0 Å². The predicted molar refractivity (Wildman–Crippen MR) is 225 cm³/mol. The summed E-state index contributed by atoms with van der Waals surface area (Å²) in [5.41, 5.74) is 2.84. The molecule has 0 spiro atoms. The third-order valence-corrected chi connectivity index (χ3v) is 11.8. The molecule has 0 amide bonds. The molecule has 0 bridgehead atoms. The van der Waals surface area contributed by atoms with Gasteiger partial charge in [0.2, 0.25) is 0 Å². The summed E-state index contributed by atoms with van der Waals surface area (Å²) in [6.45, 7) is 8.25. The van der Waals surface area contributed by atoms with E-state index in [-0.39, 0.29) is 5.41 Å². The highest BCUT2D eigenvalue weighted by Crippen LogP contribution is 2.44. The Hall–Kier alpha value is -2.35. The molecule has 0 aliphatic heterocycles. The van der Waals surface area contributed by atoms with Crippen LogP contribution in [0, 0.1) is 0 Å². The Morgan fingerprint density at radius 2 is 0.922 bits per heavy atom. The molecular formula is C49H80N2. The van der Waals surface area contributed by atoms with Gasteiger partial charge in [0.1, 0.15) is 5.82 Å². The van der Waals surface area contributed by atoms with Crippen LogP contribution in [0.2, 0.25) is 0 Å². The molecule has 0 aliphatic rings. The zero-order valence-electron chi connectivity index (χ0n) is 33.9. The van der Waals surface area contributed by atoms with Crippen LogP contribution in [0.3, 0.4) is 0 Å². The second kappa shape index (κ2) is 28.2. The van der Waals surface area contributed by atoms with E-state index in [9.17, 15) is 0 Å². The van der Waals surface area contributed by atoms with E-state index in [0.717, 1.165) is 13.0 Å². The fraction of sp³-hybridized carbons (Fsp3) is 0.694. The minimum absolute atomic E-state index is 0.0290. The first kappa shape index (κ1) is 43.1. The Morgan fingerprint density at radius 3 is 1.39 bits per heavy atom. The molecule has 3 rings (SSSR count). The van der Waals surface area contributed by atoms with Crippen LogP contribution in [0.1, 0.15) is 217 Å². The zero-order chi connectivity index (χ0) is 36.1. The van der Waals surface area contributed by atoms with Gasteiger partial charge in [-0.15, -0.1) is 0 Å². The van der Waals surface area contributed by atoms with Crippen molar-refractivity contribution < 1.29 is 0 Å². The molecule has 0 N–H and O–H groups in total. The lowest BCUT2D eigenvalue weighted by Crippen LogP contribution is -2.35. The third kappa shape index (κ3) is 17.8. The number of aromatic nitrogens is 2. The molecule has 2 nitrogen and oxygen atoms in total. The molecule has 2 atom stereocenters. The lowest BCUT2D eigenvalue weighted by Gasteiger charge is -2.39. The van der Waals surface area contributed by atoms with Crippen LogP contribution in [0.15, 0.2) is 73.1 Å².